The number of hydrogen-bond acceptors (Lipinski definition) is 8. The highest BCUT2D eigenvalue weighted by atomic mass is 19.3. The number of nitrogens with one attached hydrogen (secondary N) is 1. The molecule has 5 rings (SSSR count). The lowest BCUT2D eigenvalue weighted by molar-refractivity contribution is -0.118. The number of aryl methyl sites for hydroxylation is 1. The molecule has 0 bridgehead atoms. The predicted molar refractivity (Wildman–Crippen MR) is 132 cm³/mol. The van der Waals surface area contributed by atoms with Crippen LogP contribution < -0.4 is 16.6 Å². The number of alkyl halides is 2. The second-order valence-corrected chi connectivity index (χ2v) is 9.24. The first-order chi connectivity index (χ1) is 18.0. The average molecular weight is 527 g/mol. The first-order valence-electron chi connectivity index (χ1n) is 11.8. The number of fused-ring (bicyclic) bond motifs is 1. The van der Waals surface area contributed by atoms with Crippen LogP contribution in [0.4, 0.5) is 14.6 Å². The molecule has 1 atom stereocenters. The zero-order chi connectivity index (χ0) is 27.2. The predicted octanol–water partition coefficient (Wildman–Crippen LogP) is 1.71. The van der Waals surface area contributed by atoms with Crippen molar-refractivity contribution < 1.29 is 18.3 Å². The van der Waals surface area contributed by atoms with Crippen LogP contribution in [0.2, 0.25) is 0 Å². The van der Waals surface area contributed by atoms with Crippen LogP contribution in [0, 0.1) is 5.92 Å². The number of halogens is 2. The number of carbonyl (C=O) groups excluding carboxylic acids is 1. The van der Waals surface area contributed by atoms with Gasteiger partial charge in [0.25, 0.3) is 5.56 Å². The highest BCUT2D eigenvalue weighted by molar-refractivity contribution is 5.93. The Morgan fingerprint density at radius 2 is 1.92 bits per heavy atom. The molecule has 5 heterocycles. The van der Waals surface area contributed by atoms with Crippen molar-refractivity contribution in [2.45, 2.75) is 32.4 Å². The number of pyridine rings is 1. The van der Waals surface area contributed by atoms with E-state index in [0.29, 0.717) is 31.4 Å². The van der Waals surface area contributed by atoms with Crippen LogP contribution in [0.25, 0.3) is 22.4 Å². The molecule has 0 saturated carbocycles. The van der Waals surface area contributed by atoms with Crippen molar-refractivity contribution in [2.24, 2.45) is 13.0 Å². The van der Waals surface area contributed by atoms with E-state index in [1.165, 1.54) is 34.9 Å². The minimum atomic E-state index is -3.17. The normalized spacial score (nSPS) is 14.9. The maximum absolute atomic E-state index is 13.4. The summed E-state index contributed by atoms with van der Waals surface area (Å²) in [5, 5.41) is 2.70. The molecular formula is C24H24F2N8O4. The summed E-state index contributed by atoms with van der Waals surface area (Å²) in [5.41, 5.74) is 0.0305. The Morgan fingerprint density at radius 3 is 2.55 bits per heavy atom. The number of aromatic nitrogens is 7. The van der Waals surface area contributed by atoms with Gasteiger partial charge in [-0.3, -0.25) is 18.7 Å². The topological polar surface area (TPSA) is 139 Å². The maximum atomic E-state index is 13.4. The summed E-state index contributed by atoms with van der Waals surface area (Å²) in [4.78, 5) is 55.1. The maximum Gasteiger partial charge on any atom is 0.332 e. The molecule has 0 unspecified atom stereocenters. The standard InChI is InChI=1S/C24H24F2N8O4/c1-13(34-12-29-19-18(34)21(36)33(23(37)32(19)3)9-14-10-38-11-14)20(35)31-17-6-4-5-16(30-17)15-7-27-22(28-8-15)24(2,25)26/h4-8,12-14H,9-11H2,1-3H3,(H,30,31,35)/t13-/m0/s1. The van der Waals surface area contributed by atoms with Gasteiger partial charge in [0.05, 0.1) is 25.2 Å². The minimum absolute atomic E-state index is 0.0633. The van der Waals surface area contributed by atoms with E-state index in [-0.39, 0.29) is 29.4 Å². The fraction of sp³-hybridized carbons (Fsp3) is 0.375. The Morgan fingerprint density at radius 1 is 1.21 bits per heavy atom. The molecule has 14 heteroatoms. The monoisotopic (exact) mass is 526 g/mol. The van der Waals surface area contributed by atoms with E-state index in [4.69, 9.17) is 4.74 Å². The number of hydrogen-bond donors (Lipinski definition) is 1. The molecule has 198 valence electrons. The van der Waals surface area contributed by atoms with Gasteiger partial charge in [0.1, 0.15) is 11.9 Å². The van der Waals surface area contributed by atoms with Crippen LogP contribution in [0.15, 0.2) is 46.5 Å². The van der Waals surface area contributed by atoms with E-state index in [2.05, 4.69) is 25.3 Å². The van der Waals surface area contributed by atoms with Crippen LogP contribution >= 0.6 is 0 Å². The second kappa shape index (κ2) is 9.52. The van der Waals surface area contributed by atoms with Crippen molar-refractivity contribution in [3.8, 4) is 11.3 Å². The largest absolute Gasteiger partial charge is 0.381 e. The molecular weight excluding hydrogens is 502 g/mol. The van der Waals surface area contributed by atoms with Crippen molar-refractivity contribution in [2.75, 3.05) is 18.5 Å². The molecule has 1 saturated heterocycles. The van der Waals surface area contributed by atoms with Crippen molar-refractivity contribution in [3.05, 3.63) is 63.6 Å². The molecule has 12 nitrogen and oxygen atoms in total. The molecule has 0 aliphatic carbocycles. The zero-order valence-electron chi connectivity index (χ0n) is 20.8. The Labute approximate surface area is 214 Å². The van der Waals surface area contributed by atoms with Gasteiger partial charge in [0.15, 0.2) is 17.0 Å². The quantitative estimate of drug-likeness (QED) is 0.384. The average Bonchev–Trinajstić information content (AvgIpc) is 3.31. The molecule has 4 aromatic heterocycles. The third-order valence-electron chi connectivity index (χ3n) is 6.34. The lowest BCUT2D eigenvalue weighted by atomic mass is 10.1. The summed E-state index contributed by atoms with van der Waals surface area (Å²) in [6, 6.07) is 3.94. The molecule has 4 aromatic rings. The summed E-state index contributed by atoms with van der Waals surface area (Å²) >= 11 is 0. The Balaban J connectivity index is 1.41. The van der Waals surface area contributed by atoms with Crippen molar-refractivity contribution in [1.82, 2.24) is 33.6 Å². The highest BCUT2D eigenvalue weighted by Crippen LogP contribution is 2.25. The van der Waals surface area contributed by atoms with E-state index in [9.17, 15) is 23.2 Å². The van der Waals surface area contributed by atoms with Gasteiger partial charge in [-0.05, 0) is 19.1 Å². The van der Waals surface area contributed by atoms with Crippen LogP contribution in [0.3, 0.4) is 0 Å². The lowest BCUT2D eigenvalue weighted by Crippen LogP contribution is -2.44. The molecule has 1 aliphatic heterocycles. The number of ether oxygens (including phenoxy) is 1. The molecule has 1 fully saturated rings. The Kier molecular flexibility index (Phi) is 6.34. The third kappa shape index (κ3) is 4.58. The lowest BCUT2D eigenvalue weighted by Gasteiger charge is -2.26. The number of imidazole rings is 1. The fourth-order valence-electron chi connectivity index (χ4n) is 4.10. The first kappa shape index (κ1) is 25.3. The molecule has 1 amide bonds. The smallest absolute Gasteiger partial charge is 0.332 e. The minimum Gasteiger partial charge on any atom is -0.381 e. The van der Waals surface area contributed by atoms with E-state index >= 15 is 0 Å². The molecule has 0 spiro atoms. The van der Waals surface area contributed by atoms with E-state index < -0.39 is 34.9 Å². The third-order valence-corrected chi connectivity index (χ3v) is 6.34. The number of amides is 1. The number of rotatable bonds is 7. The summed E-state index contributed by atoms with van der Waals surface area (Å²) in [7, 11) is 1.52. The highest BCUT2D eigenvalue weighted by Gasteiger charge is 2.28. The van der Waals surface area contributed by atoms with Gasteiger partial charge in [0.2, 0.25) is 5.91 Å². The van der Waals surface area contributed by atoms with Crippen LogP contribution in [-0.2, 0) is 29.0 Å². The summed E-state index contributed by atoms with van der Waals surface area (Å²) < 4.78 is 35.8. The van der Waals surface area contributed by atoms with Gasteiger partial charge in [-0.1, -0.05) is 6.07 Å². The van der Waals surface area contributed by atoms with E-state index in [0.717, 1.165) is 4.57 Å². The summed E-state index contributed by atoms with van der Waals surface area (Å²) in [6.45, 7) is 3.45. The van der Waals surface area contributed by atoms with Gasteiger partial charge in [-0.25, -0.2) is 24.7 Å². The number of carbonyl (C=O) groups is 1. The van der Waals surface area contributed by atoms with Gasteiger partial charge >= 0.3 is 11.6 Å². The van der Waals surface area contributed by atoms with Gasteiger partial charge < -0.3 is 14.6 Å². The van der Waals surface area contributed by atoms with Crippen molar-refractivity contribution >= 4 is 22.9 Å². The second-order valence-electron chi connectivity index (χ2n) is 9.24. The van der Waals surface area contributed by atoms with Gasteiger partial charge in [0, 0.05) is 44.4 Å². The van der Waals surface area contributed by atoms with Crippen LogP contribution in [0.5, 0.6) is 0 Å². The van der Waals surface area contributed by atoms with Crippen LogP contribution in [-0.4, -0.2) is 52.8 Å². The number of anilines is 1. The first-order valence-corrected chi connectivity index (χ1v) is 11.8. The van der Waals surface area contributed by atoms with Crippen LogP contribution in [0.1, 0.15) is 25.7 Å². The van der Waals surface area contributed by atoms with Gasteiger partial charge in [-0.15, -0.1) is 0 Å². The van der Waals surface area contributed by atoms with E-state index in [1.807, 2.05) is 0 Å². The number of nitrogens with zero attached hydrogens (tertiary/aromatic N) is 7. The Bertz CT molecular complexity index is 1630. The SMILES string of the molecule is C[C@@H](C(=O)Nc1cccc(-c2cnc(C(C)(F)F)nc2)n1)n1cnc2c1c(=O)n(CC1COC1)c(=O)n2C. The van der Waals surface area contributed by atoms with Crippen molar-refractivity contribution in [3.63, 3.8) is 0 Å². The molecule has 0 aromatic carbocycles. The van der Waals surface area contributed by atoms with E-state index in [1.54, 1.807) is 25.1 Å². The fourth-order valence-corrected chi connectivity index (χ4v) is 4.10. The molecule has 1 N–H and O–H groups in total. The summed E-state index contributed by atoms with van der Waals surface area (Å²) in [6.07, 6.45) is 3.82. The zero-order valence-corrected chi connectivity index (χ0v) is 20.8. The van der Waals surface area contributed by atoms with Crippen molar-refractivity contribution in [1.29, 1.82) is 0 Å². The molecule has 0 radical (unpaired) electrons. The Hall–Kier alpha value is -4.33. The summed E-state index contributed by atoms with van der Waals surface area (Å²) in [5.74, 6) is -4.00. The molecule has 38 heavy (non-hydrogen) atoms. The van der Waals surface area contributed by atoms with Gasteiger partial charge in [-0.2, -0.15) is 8.78 Å². The molecule has 1 aliphatic rings.